The van der Waals surface area contributed by atoms with Crippen LogP contribution in [0.4, 0.5) is 26.3 Å². The van der Waals surface area contributed by atoms with Crippen molar-refractivity contribution in [3.05, 3.63) is 71.4 Å². The van der Waals surface area contributed by atoms with Gasteiger partial charge in [-0.25, -0.2) is 9.97 Å². The summed E-state index contributed by atoms with van der Waals surface area (Å²) in [5.74, 6) is 0.00366. The second-order valence-corrected chi connectivity index (χ2v) is 5.93. The van der Waals surface area contributed by atoms with Crippen LogP contribution >= 0.6 is 0 Å². The maximum atomic E-state index is 13.0. The predicted octanol–water partition coefficient (Wildman–Crippen LogP) is 5.31. The molecule has 0 amide bonds. The third-order valence-corrected chi connectivity index (χ3v) is 3.94. The fourth-order valence-corrected chi connectivity index (χ4v) is 2.54. The monoisotopic (exact) mass is 397 g/mol. The Kier molecular flexibility index (Phi) is 5.12. The van der Waals surface area contributed by atoms with Gasteiger partial charge in [0.25, 0.3) is 0 Å². The molecule has 0 aliphatic heterocycles. The quantitative estimate of drug-likeness (QED) is 0.610. The molecule has 0 saturated heterocycles. The van der Waals surface area contributed by atoms with Crippen LogP contribution in [0.25, 0.3) is 22.6 Å². The number of aromatic nitrogens is 2. The number of nitrogens with zero attached hydrogens (tertiary/aromatic N) is 2. The molecule has 2 aromatic carbocycles. The molecule has 146 valence electrons. The van der Waals surface area contributed by atoms with Crippen LogP contribution in [0, 0.1) is 0 Å². The average Bonchev–Trinajstić information content (AvgIpc) is 2.66. The van der Waals surface area contributed by atoms with Gasteiger partial charge in [0.1, 0.15) is 0 Å². The fraction of sp³-hybridized carbons (Fsp3) is 0.158. The molecule has 0 atom stereocenters. The summed E-state index contributed by atoms with van der Waals surface area (Å²) in [6, 6.07) is 10.3. The molecule has 0 aliphatic rings. The van der Waals surface area contributed by atoms with Crippen molar-refractivity contribution in [3.8, 4) is 22.6 Å². The summed E-state index contributed by atoms with van der Waals surface area (Å²) in [5.41, 5.74) is 5.02. The van der Waals surface area contributed by atoms with Crippen LogP contribution < -0.4 is 5.73 Å². The molecule has 0 radical (unpaired) electrons. The Labute approximate surface area is 155 Å². The van der Waals surface area contributed by atoms with Gasteiger partial charge in [0.2, 0.25) is 0 Å². The van der Waals surface area contributed by atoms with E-state index in [2.05, 4.69) is 9.97 Å². The Morgan fingerprint density at radius 1 is 0.714 bits per heavy atom. The summed E-state index contributed by atoms with van der Waals surface area (Å²) in [5, 5.41) is 0. The molecule has 0 saturated carbocycles. The Morgan fingerprint density at radius 2 is 1.36 bits per heavy atom. The van der Waals surface area contributed by atoms with Crippen molar-refractivity contribution in [2.75, 3.05) is 0 Å². The van der Waals surface area contributed by atoms with Gasteiger partial charge in [-0.3, -0.25) is 0 Å². The highest BCUT2D eigenvalue weighted by Gasteiger charge is 2.31. The summed E-state index contributed by atoms with van der Waals surface area (Å²) in [4.78, 5) is 8.37. The predicted molar refractivity (Wildman–Crippen MR) is 90.8 cm³/mol. The molecule has 0 bridgehead atoms. The molecule has 9 heteroatoms. The van der Waals surface area contributed by atoms with Crippen molar-refractivity contribution < 1.29 is 26.3 Å². The van der Waals surface area contributed by atoms with Crippen molar-refractivity contribution in [2.24, 2.45) is 5.73 Å². The lowest BCUT2D eigenvalue weighted by molar-refractivity contribution is -0.138. The normalized spacial score (nSPS) is 12.2. The van der Waals surface area contributed by atoms with Crippen molar-refractivity contribution >= 4 is 0 Å². The Bertz CT molecular complexity index is 978. The highest BCUT2D eigenvalue weighted by Crippen LogP contribution is 2.33. The minimum Gasteiger partial charge on any atom is -0.325 e. The topological polar surface area (TPSA) is 51.8 Å². The summed E-state index contributed by atoms with van der Waals surface area (Å²) in [6.45, 7) is -0.0118. The SMILES string of the molecule is NCc1cc(-c2ccc(C(F)(F)F)cc2)nc(-c2cccc(C(F)(F)F)c2)n1. The molecule has 1 aromatic heterocycles. The van der Waals surface area contributed by atoms with Gasteiger partial charge in [-0.2, -0.15) is 26.3 Å². The maximum absolute atomic E-state index is 13.0. The zero-order valence-electron chi connectivity index (χ0n) is 14.1. The van der Waals surface area contributed by atoms with Crippen LogP contribution in [0.1, 0.15) is 16.8 Å². The first kappa shape index (κ1) is 19.8. The van der Waals surface area contributed by atoms with Crippen molar-refractivity contribution in [2.45, 2.75) is 18.9 Å². The number of alkyl halides is 6. The molecule has 0 fully saturated rings. The second-order valence-electron chi connectivity index (χ2n) is 5.93. The van der Waals surface area contributed by atoms with E-state index >= 15 is 0 Å². The molecule has 1 heterocycles. The van der Waals surface area contributed by atoms with Crippen LogP contribution in [0.5, 0.6) is 0 Å². The van der Waals surface area contributed by atoms with Crippen molar-refractivity contribution in [1.29, 1.82) is 0 Å². The second kappa shape index (κ2) is 7.23. The molecular formula is C19H13F6N3. The van der Waals surface area contributed by atoms with Crippen LogP contribution in [0.3, 0.4) is 0 Å². The third kappa shape index (κ3) is 4.30. The first-order chi connectivity index (χ1) is 13.1. The lowest BCUT2D eigenvalue weighted by Gasteiger charge is -2.11. The zero-order chi connectivity index (χ0) is 20.5. The molecule has 28 heavy (non-hydrogen) atoms. The Hall–Kier alpha value is -2.94. The van der Waals surface area contributed by atoms with Gasteiger partial charge < -0.3 is 5.73 Å². The van der Waals surface area contributed by atoms with Gasteiger partial charge in [-0.1, -0.05) is 24.3 Å². The standard InChI is InChI=1S/C19H13F6N3/c20-18(21,22)13-6-4-11(5-7-13)16-9-15(10-26)27-17(28-16)12-2-1-3-14(8-12)19(23,24)25/h1-9H,10,26H2. The minimum atomic E-state index is -4.53. The average molecular weight is 397 g/mol. The molecule has 0 spiro atoms. The number of hydrogen-bond acceptors (Lipinski definition) is 3. The molecule has 3 rings (SSSR count). The van der Waals surface area contributed by atoms with Crippen LogP contribution in [-0.2, 0) is 18.9 Å². The van der Waals surface area contributed by atoms with E-state index in [1.165, 1.54) is 30.3 Å². The van der Waals surface area contributed by atoms with E-state index < -0.39 is 23.5 Å². The van der Waals surface area contributed by atoms with E-state index in [-0.39, 0.29) is 23.6 Å². The highest BCUT2D eigenvalue weighted by atomic mass is 19.4. The molecule has 2 N–H and O–H groups in total. The van der Waals surface area contributed by atoms with Gasteiger partial charge in [-0.05, 0) is 30.3 Å². The van der Waals surface area contributed by atoms with Crippen molar-refractivity contribution in [1.82, 2.24) is 9.97 Å². The molecule has 3 nitrogen and oxygen atoms in total. The maximum Gasteiger partial charge on any atom is 0.416 e. The largest absolute Gasteiger partial charge is 0.416 e. The van der Waals surface area contributed by atoms with E-state index in [0.29, 0.717) is 11.3 Å². The van der Waals surface area contributed by atoms with E-state index in [9.17, 15) is 26.3 Å². The molecular weight excluding hydrogens is 384 g/mol. The minimum absolute atomic E-state index is 0.00366. The molecule has 0 aliphatic carbocycles. The molecule has 3 aromatic rings. The zero-order valence-corrected chi connectivity index (χ0v) is 14.1. The van der Waals surface area contributed by atoms with Crippen LogP contribution in [0.2, 0.25) is 0 Å². The van der Waals surface area contributed by atoms with E-state index in [0.717, 1.165) is 24.3 Å². The van der Waals surface area contributed by atoms with Crippen molar-refractivity contribution in [3.63, 3.8) is 0 Å². The smallest absolute Gasteiger partial charge is 0.325 e. The number of nitrogens with two attached hydrogens (primary N) is 1. The lowest BCUT2D eigenvalue weighted by atomic mass is 10.1. The van der Waals surface area contributed by atoms with Gasteiger partial charge in [-0.15, -0.1) is 0 Å². The summed E-state index contributed by atoms with van der Waals surface area (Å²) >= 11 is 0. The van der Waals surface area contributed by atoms with Crippen LogP contribution in [0.15, 0.2) is 54.6 Å². The van der Waals surface area contributed by atoms with Gasteiger partial charge in [0, 0.05) is 17.7 Å². The highest BCUT2D eigenvalue weighted by molar-refractivity contribution is 5.65. The number of benzene rings is 2. The van der Waals surface area contributed by atoms with E-state index in [1.54, 1.807) is 0 Å². The summed E-state index contributed by atoms with van der Waals surface area (Å²) < 4.78 is 77.0. The first-order valence-corrected chi connectivity index (χ1v) is 8.01. The van der Waals surface area contributed by atoms with Gasteiger partial charge >= 0.3 is 12.4 Å². The van der Waals surface area contributed by atoms with Crippen LogP contribution in [-0.4, -0.2) is 9.97 Å². The fourth-order valence-electron chi connectivity index (χ4n) is 2.54. The summed E-state index contributed by atoms with van der Waals surface area (Å²) in [7, 11) is 0. The number of halogens is 6. The Balaban J connectivity index is 2.06. The number of rotatable bonds is 3. The number of hydrogen-bond donors (Lipinski definition) is 1. The lowest BCUT2D eigenvalue weighted by Crippen LogP contribution is -2.07. The van der Waals surface area contributed by atoms with Gasteiger partial charge in [0.05, 0.1) is 22.5 Å². The summed E-state index contributed by atoms with van der Waals surface area (Å²) in [6.07, 6.45) is -9.01. The first-order valence-electron chi connectivity index (χ1n) is 8.01. The third-order valence-electron chi connectivity index (χ3n) is 3.94. The van der Waals surface area contributed by atoms with E-state index in [1.807, 2.05) is 0 Å². The van der Waals surface area contributed by atoms with Gasteiger partial charge in [0.15, 0.2) is 5.82 Å². The molecule has 0 unspecified atom stereocenters. The van der Waals surface area contributed by atoms with E-state index in [4.69, 9.17) is 5.73 Å². The Morgan fingerprint density at radius 3 is 1.93 bits per heavy atom.